The molecular weight excluding hydrogens is 321 g/mol. The van der Waals surface area contributed by atoms with Crippen LogP contribution in [0.4, 0.5) is 0 Å². The van der Waals surface area contributed by atoms with Crippen molar-refractivity contribution in [3.63, 3.8) is 0 Å². The Hall–Kier alpha value is -0.330. The molecule has 1 unspecified atom stereocenters. The standard InChI is InChI=1S/C13H17Cl2NO3S/c1-16(7-13(17)10-2-3-10)20(18,19)8-9-4-11(14)6-12(15)5-9/h4-6,10,13,17H,2-3,7-8H2,1H3. The van der Waals surface area contributed by atoms with Gasteiger partial charge >= 0.3 is 0 Å². The molecule has 0 spiro atoms. The zero-order chi connectivity index (χ0) is 14.9. The maximum atomic E-state index is 12.2. The van der Waals surface area contributed by atoms with Crippen molar-refractivity contribution in [2.45, 2.75) is 24.7 Å². The van der Waals surface area contributed by atoms with Gasteiger partial charge < -0.3 is 5.11 Å². The Bertz CT molecular complexity index is 567. The van der Waals surface area contributed by atoms with Crippen LogP contribution < -0.4 is 0 Å². The van der Waals surface area contributed by atoms with Gasteiger partial charge in [-0.15, -0.1) is 0 Å². The third kappa shape index (κ3) is 4.33. The number of sulfonamides is 1. The Morgan fingerprint density at radius 3 is 2.35 bits per heavy atom. The van der Waals surface area contributed by atoms with Gasteiger partial charge in [0.05, 0.1) is 11.9 Å². The first kappa shape index (κ1) is 16.0. The van der Waals surface area contributed by atoms with Crippen LogP contribution in [0.5, 0.6) is 0 Å². The van der Waals surface area contributed by atoms with E-state index in [-0.39, 0.29) is 18.2 Å². The Balaban J connectivity index is 2.05. The second-order valence-corrected chi connectivity index (χ2v) is 8.17. The van der Waals surface area contributed by atoms with Gasteiger partial charge in [-0.3, -0.25) is 0 Å². The van der Waals surface area contributed by atoms with Crippen LogP contribution in [0.25, 0.3) is 0 Å². The summed E-state index contributed by atoms with van der Waals surface area (Å²) < 4.78 is 25.7. The smallest absolute Gasteiger partial charge is 0.218 e. The van der Waals surface area contributed by atoms with E-state index in [0.717, 1.165) is 12.8 Å². The number of benzene rings is 1. The summed E-state index contributed by atoms with van der Waals surface area (Å²) in [6, 6.07) is 4.71. The first-order valence-corrected chi connectivity index (χ1v) is 8.71. The molecule has 112 valence electrons. The summed E-state index contributed by atoms with van der Waals surface area (Å²) in [5, 5.41) is 10.6. The van der Waals surface area contributed by atoms with E-state index in [0.29, 0.717) is 15.6 Å². The minimum Gasteiger partial charge on any atom is -0.391 e. The molecule has 4 nitrogen and oxygen atoms in total. The Kier molecular flexibility index (Phi) is 4.97. The fourth-order valence-electron chi connectivity index (χ4n) is 2.02. The van der Waals surface area contributed by atoms with E-state index in [4.69, 9.17) is 23.2 Å². The molecule has 1 saturated carbocycles. The molecule has 0 aromatic heterocycles. The molecule has 1 fully saturated rings. The normalized spacial score (nSPS) is 17.4. The fraction of sp³-hybridized carbons (Fsp3) is 0.538. The molecule has 0 bridgehead atoms. The van der Waals surface area contributed by atoms with Crippen molar-refractivity contribution in [1.29, 1.82) is 0 Å². The van der Waals surface area contributed by atoms with E-state index in [2.05, 4.69) is 0 Å². The number of aliphatic hydroxyl groups is 1. The Morgan fingerprint density at radius 1 is 1.30 bits per heavy atom. The summed E-state index contributed by atoms with van der Waals surface area (Å²) in [6.07, 6.45) is 1.36. The molecule has 1 aromatic carbocycles. The molecule has 1 aliphatic carbocycles. The molecule has 1 aromatic rings. The summed E-state index contributed by atoms with van der Waals surface area (Å²) in [4.78, 5) is 0. The summed E-state index contributed by atoms with van der Waals surface area (Å²) in [6.45, 7) is 0.126. The van der Waals surface area contributed by atoms with E-state index in [1.165, 1.54) is 11.4 Å². The third-order valence-corrected chi connectivity index (χ3v) is 5.59. The number of hydrogen-bond acceptors (Lipinski definition) is 3. The predicted octanol–water partition coefficient (Wildman–Crippen LogP) is 2.53. The summed E-state index contributed by atoms with van der Waals surface area (Å²) in [7, 11) is -2.01. The van der Waals surface area contributed by atoms with Gasteiger partial charge in [-0.05, 0) is 42.5 Å². The number of likely N-dealkylation sites (N-methyl/N-ethyl adjacent to an activating group) is 1. The molecule has 1 N–H and O–H groups in total. The zero-order valence-corrected chi connectivity index (χ0v) is 13.4. The van der Waals surface area contributed by atoms with E-state index in [1.54, 1.807) is 18.2 Å². The van der Waals surface area contributed by atoms with Crippen LogP contribution in [0.2, 0.25) is 10.0 Å². The quantitative estimate of drug-likeness (QED) is 0.867. The van der Waals surface area contributed by atoms with Crippen molar-refractivity contribution in [3.8, 4) is 0 Å². The molecule has 1 atom stereocenters. The van der Waals surface area contributed by atoms with Crippen LogP contribution in [-0.2, 0) is 15.8 Å². The van der Waals surface area contributed by atoms with Gasteiger partial charge in [0, 0.05) is 23.6 Å². The SMILES string of the molecule is CN(CC(O)C1CC1)S(=O)(=O)Cc1cc(Cl)cc(Cl)c1. The molecule has 0 amide bonds. The molecule has 1 aliphatic rings. The molecule has 2 rings (SSSR count). The lowest BCUT2D eigenvalue weighted by atomic mass is 10.2. The van der Waals surface area contributed by atoms with Gasteiger partial charge in [-0.25, -0.2) is 12.7 Å². The lowest BCUT2D eigenvalue weighted by molar-refractivity contribution is 0.131. The van der Waals surface area contributed by atoms with Crippen molar-refractivity contribution in [3.05, 3.63) is 33.8 Å². The Labute approximate surface area is 129 Å². The van der Waals surface area contributed by atoms with Crippen molar-refractivity contribution < 1.29 is 13.5 Å². The lowest BCUT2D eigenvalue weighted by Crippen LogP contribution is -2.36. The van der Waals surface area contributed by atoms with Crippen molar-refractivity contribution in [2.24, 2.45) is 5.92 Å². The van der Waals surface area contributed by atoms with Gasteiger partial charge in [0.2, 0.25) is 10.0 Å². The van der Waals surface area contributed by atoms with Crippen LogP contribution in [0.3, 0.4) is 0 Å². The molecule has 7 heteroatoms. The monoisotopic (exact) mass is 337 g/mol. The average Bonchev–Trinajstić information content (AvgIpc) is 3.09. The average molecular weight is 338 g/mol. The maximum absolute atomic E-state index is 12.2. The molecule has 0 aliphatic heterocycles. The maximum Gasteiger partial charge on any atom is 0.218 e. The van der Waals surface area contributed by atoms with Crippen molar-refractivity contribution >= 4 is 33.2 Å². The van der Waals surface area contributed by atoms with Crippen LogP contribution in [0.15, 0.2) is 18.2 Å². The van der Waals surface area contributed by atoms with E-state index in [9.17, 15) is 13.5 Å². The van der Waals surface area contributed by atoms with Gasteiger partial charge in [-0.2, -0.15) is 0 Å². The van der Waals surface area contributed by atoms with Crippen LogP contribution in [0.1, 0.15) is 18.4 Å². The fourth-order valence-corrected chi connectivity index (χ4v) is 3.78. The highest BCUT2D eigenvalue weighted by Gasteiger charge is 2.32. The second kappa shape index (κ2) is 6.20. The number of hydrogen-bond donors (Lipinski definition) is 1. The van der Waals surface area contributed by atoms with Gasteiger partial charge in [-0.1, -0.05) is 23.2 Å². The summed E-state index contributed by atoms with van der Waals surface area (Å²) in [5.41, 5.74) is 0.537. The number of nitrogens with zero attached hydrogens (tertiary/aromatic N) is 1. The second-order valence-electron chi connectivity index (χ2n) is 5.22. The lowest BCUT2D eigenvalue weighted by Gasteiger charge is -2.20. The molecule has 0 heterocycles. The number of rotatable bonds is 6. The minimum atomic E-state index is -3.49. The van der Waals surface area contributed by atoms with Crippen molar-refractivity contribution in [1.82, 2.24) is 4.31 Å². The van der Waals surface area contributed by atoms with Gasteiger partial charge in [0.25, 0.3) is 0 Å². The van der Waals surface area contributed by atoms with E-state index in [1.807, 2.05) is 0 Å². The summed E-state index contributed by atoms with van der Waals surface area (Å²) >= 11 is 11.7. The van der Waals surface area contributed by atoms with Crippen LogP contribution >= 0.6 is 23.2 Å². The highest BCUT2D eigenvalue weighted by atomic mass is 35.5. The first-order valence-electron chi connectivity index (χ1n) is 6.35. The highest BCUT2D eigenvalue weighted by molar-refractivity contribution is 7.88. The first-order chi connectivity index (χ1) is 9.28. The largest absolute Gasteiger partial charge is 0.391 e. The van der Waals surface area contributed by atoms with Gasteiger partial charge in [0.15, 0.2) is 0 Å². The number of halogens is 2. The molecule has 0 saturated heterocycles. The highest BCUT2D eigenvalue weighted by Crippen LogP contribution is 2.33. The minimum absolute atomic E-state index is 0.126. The zero-order valence-electron chi connectivity index (χ0n) is 11.1. The predicted molar refractivity (Wildman–Crippen MR) is 80.4 cm³/mol. The molecule has 20 heavy (non-hydrogen) atoms. The van der Waals surface area contributed by atoms with E-state index >= 15 is 0 Å². The third-order valence-electron chi connectivity index (χ3n) is 3.36. The van der Waals surface area contributed by atoms with Crippen LogP contribution in [-0.4, -0.2) is 37.5 Å². The van der Waals surface area contributed by atoms with Gasteiger partial charge in [0.1, 0.15) is 0 Å². The van der Waals surface area contributed by atoms with Crippen molar-refractivity contribution in [2.75, 3.05) is 13.6 Å². The number of aliphatic hydroxyl groups excluding tert-OH is 1. The Morgan fingerprint density at radius 2 is 1.85 bits per heavy atom. The molecule has 0 radical (unpaired) electrons. The topological polar surface area (TPSA) is 57.6 Å². The summed E-state index contributed by atoms with van der Waals surface area (Å²) in [5.74, 6) is 0.0644. The van der Waals surface area contributed by atoms with E-state index < -0.39 is 16.1 Å². The molecular formula is C13H17Cl2NO3S. The van der Waals surface area contributed by atoms with Crippen LogP contribution in [0, 0.1) is 5.92 Å².